The minimum atomic E-state index is -0.825. The van der Waals surface area contributed by atoms with Gasteiger partial charge in [0, 0.05) is 6.54 Å². The molecular formula is C19H19FN4O4. The van der Waals surface area contributed by atoms with Gasteiger partial charge in [-0.15, -0.1) is 6.58 Å². The van der Waals surface area contributed by atoms with Crippen molar-refractivity contribution in [2.75, 3.05) is 6.61 Å². The summed E-state index contributed by atoms with van der Waals surface area (Å²) in [6.45, 7) is 6.99. The van der Waals surface area contributed by atoms with Gasteiger partial charge >= 0.3 is 11.7 Å². The van der Waals surface area contributed by atoms with E-state index in [0.29, 0.717) is 5.69 Å². The third kappa shape index (κ3) is 3.15. The fraction of sp³-hybridized carbons (Fsp3) is 0.263. The molecule has 0 bridgehead atoms. The summed E-state index contributed by atoms with van der Waals surface area (Å²) in [5.74, 6) is -0.995. The highest BCUT2D eigenvalue weighted by Crippen LogP contribution is 2.18. The van der Waals surface area contributed by atoms with Gasteiger partial charge in [0.15, 0.2) is 11.2 Å². The van der Waals surface area contributed by atoms with E-state index in [4.69, 9.17) is 4.74 Å². The summed E-state index contributed by atoms with van der Waals surface area (Å²) in [6, 6.07) is 4.40. The van der Waals surface area contributed by atoms with Crippen LogP contribution in [0.2, 0.25) is 0 Å². The number of esters is 1. The molecule has 28 heavy (non-hydrogen) atoms. The number of hydrogen-bond donors (Lipinski definition) is 0. The second kappa shape index (κ2) is 7.63. The molecule has 3 rings (SSSR count). The fourth-order valence-corrected chi connectivity index (χ4v) is 2.93. The average molecular weight is 386 g/mol. The summed E-state index contributed by atoms with van der Waals surface area (Å²) >= 11 is 0. The van der Waals surface area contributed by atoms with Crippen molar-refractivity contribution in [3.63, 3.8) is 0 Å². The number of aromatic nitrogens is 4. The van der Waals surface area contributed by atoms with E-state index in [1.54, 1.807) is 13.8 Å². The summed E-state index contributed by atoms with van der Waals surface area (Å²) in [6.07, 6.45) is 2.73. The lowest BCUT2D eigenvalue weighted by Crippen LogP contribution is -2.40. The van der Waals surface area contributed by atoms with Crippen molar-refractivity contribution < 1.29 is 13.9 Å². The first kappa shape index (κ1) is 19.3. The molecule has 0 saturated carbocycles. The average Bonchev–Trinajstić information content (AvgIpc) is 3.11. The predicted octanol–water partition coefficient (Wildman–Crippen LogP) is 1.80. The molecule has 0 fully saturated rings. The predicted molar refractivity (Wildman–Crippen MR) is 101 cm³/mol. The van der Waals surface area contributed by atoms with E-state index in [1.807, 2.05) is 0 Å². The van der Waals surface area contributed by atoms with Crippen LogP contribution in [0, 0.1) is 5.82 Å². The number of carbonyl (C=O) groups excluding carboxylic acids is 1. The number of rotatable bonds is 6. The lowest BCUT2D eigenvalue weighted by Gasteiger charge is -2.15. The topological polar surface area (TPSA) is 88.1 Å². The number of carbonyl (C=O) groups is 1. The molecule has 0 saturated heterocycles. The molecule has 0 aliphatic heterocycles. The Morgan fingerprint density at radius 2 is 2.00 bits per heavy atom. The van der Waals surface area contributed by atoms with Crippen molar-refractivity contribution in [3.05, 3.63) is 69.9 Å². The molecule has 3 aromatic rings. The molecule has 9 heteroatoms. The lowest BCUT2D eigenvalue weighted by atomic mass is 10.3. The number of benzene rings is 1. The van der Waals surface area contributed by atoms with Crippen LogP contribution in [0.3, 0.4) is 0 Å². The van der Waals surface area contributed by atoms with E-state index in [1.165, 1.54) is 45.8 Å². The third-order valence-electron chi connectivity index (χ3n) is 4.30. The normalized spacial score (nSPS) is 12.1. The summed E-state index contributed by atoms with van der Waals surface area (Å²) in [4.78, 5) is 42.3. The van der Waals surface area contributed by atoms with E-state index >= 15 is 0 Å². The van der Waals surface area contributed by atoms with Crippen molar-refractivity contribution in [1.82, 2.24) is 18.7 Å². The quantitative estimate of drug-likeness (QED) is 0.476. The molecule has 0 aliphatic carbocycles. The summed E-state index contributed by atoms with van der Waals surface area (Å²) in [5.41, 5.74) is -0.780. The van der Waals surface area contributed by atoms with Crippen molar-refractivity contribution >= 4 is 17.1 Å². The zero-order chi connectivity index (χ0) is 20.4. The van der Waals surface area contributed by atoms with E-state index in [2.05, 4.69) is 11.6 Å². The van der Waals surface area contributed by atoms with Crippen LogP contribution in [0.5, 0.6) is 0 Å². The molecule has 2 heterocycles. The van der Waals surface area contributed by atoms with Crippen molar-refractivity contribution in [1.29, 1.82) is 0 Å². The maximum Gasteiger partial charge on any atom is 0.337 e. The Morgan fingerprint density at radius 1 is 1.32 bits per heavy atom. The van der Waals surface area contributed by atoms with Crippen LogP contribution in [0.1, 0.15) is 19.9 Å². The second-order valence-electron chi connectivity index (χ2n) is 6.05. The molecule has 146 valence electrons. The fourth-order valence-electron chi connectivity index (χ4n) is 2.93. The number of ether oxygens (including phenoxy) is 1. The number of imidazole rings is 1. The van der Waals surface area contributed by atoms with Gasteiger partial charge in [-0.25, -0.2) is 23.5 Å². The first-order valence-corrected chi connectivity index (χ1v) is 8.66. The Bertz CT molecular complexity index is 1160. The number of allylic oxidation sites excluding steroid dienone is 1. The highest BCUT2D eigenvalue weighted by molar-refractivity contribution is 5.79. The second-order valence-corrected chi connectivity index (χ2v) is 6.05. The Kier molecular flexibility index (Phi) is 5.25. The Hall–Kier alpha value is -3.49. The van der Waals surface area contributed by atoms with Crippen LogP contribution in [0.4, 0.5) is 4.39 Å². The summed E-state index contributed by atoms with van der Waals surface area (Å²) in [5, 5.41) is 0. The molecule has 1 aromatic carbocycles. The van der Waals surface area contributed by atoms with Gasteiger partial charge in [0.05, 0.1) is 18.6 Å². The van der Waals surface area contributed by atoms with Gasteiger partial charge in [-0.05, 0) is 38.1 Å². The molecule has 0 spiro atoms. The van der Waals surface area contributed by atoms with E-state index in [9.17, 15) is 18.8 Å². The van der Waals surface area contributed by atoms with Crippen LogP contribution in [-0.2, 0) is 16.1 Å². The van der Waals surface area contributed by atoms with Gasteiger partial charge in [-0.3, -0.25) is 9.36 Å². The maximum absolute atomic E-state index is 13.3. The molecule has 0 N–H and O–H groups in total. The number of halogens is 1. The third-order valence-corrected chi connectivity index (χ3v) is 4.30. The van der Waals surface area contributed by atoms with Gasteiger partial charge in [-0.2, -0.15) is 0 Å². The van der Waals surface area contributed by atoms with Gasteiger partial charge in [0.1, 0.15) is 11.9 Å². The first-order chi connectivity index (χ1) is 13.4. The molecule has 2 aromatic heterocycles. The van der Waals surface area contributed by atoms with Gasteiger partial charge in [-0.1, -0.05) is 6.08 Å². The van der Waals surface area contributed by atoms with E-state index in [0.717, 1.165) is 4.57 Å². The Labute approximate surface area is 159 Å². The minimum Gasteiger partial charge on any atom is -0.464 e. The van der Waals surface area contributed by atoms with Crippen LogP contribution >= 0.6 is 0 Å². The van der Waals surface area contributed by atoms with E-state index in [-0.39, 0.29) is 24.3 Å². The minimum absolute atomic E-state index is 0.0340. The van der Waals surface area contributed by atoms with E-state index < -0.39 is 29.1 Å². The smallest absolute Gasteiger partial charge is 0.337 e. The van der Waals surface area contributed by atoms with Crippen LogP contribution in [-0.4, -0.2) is 31.3 Å². The highest BCUT2D eigenvalue weighted by atomic mass is 19.1. The molecule has 0 radical (unpaired) electrons. The molecule has 0 unspecified atom stereocenters. The molecule has 8 nitrogen and oxygen atoms in total. The van der Waals surface area contributed by atoms with Crippen molar-refractivity contribution in [3.8, 4) is 5.69 Å². The SMILES string of the molecule is C=CCn1c(=O)c2c(ncn2[C@@H](C)C(=O)OCC)n(-c2ccc(F)cc2)c1=O. The van der Waals surface area contributed by atoms with Crippen molar-refractivity contribution in [2.24, 2.45) is 0 Å². The number of hydrogen-bond acceptors (Lipinski definition) is 5. The van der Waals surface area contributed by atoms with Crippen molar-refractivity contribution in [2.45, 2.75) is 26.4 Å². The Balaban J connectivity index is 2.36. The standard InChI is InChI=1S/C19H19FN4O4/c1-4-10-22-17(25)15-16(21-11-23(15)12(3)18(26)28-5-2)24(19(22)27)14-8-6-13(20)7-9-14/h4,6-9,11-12H,1,5,10H2,2-3H3/t12-/m0/s1. The highest BCUT2D eigenvalue weighted by Gasteiger charge is 2.24. The molecular weight excluding hydrogens is 367 g/mol. The maximum atomic E-state index is 13.3. The monoisotopic (exact) mass is 386 g/mol. The number of fused-ring (bicyclic) bond motifs is 1. The zero-order valence-corrected chi connectivity index (χ0v) is 15.5. The van der Waals surface area contributed by atoms with Gasteiger partial charge in [0.2, 0.25) is 0 Å². The lowest BCUT2D eigenvalue weighted by molar-refractivity contribution is -0.146. The first-order valence-electron chi connectivity index (χ1n) is 8.66. The van der Waals surface area contributed by atoms with Crippen LogP contribution in [0.15, 0.2) is 52.8 Å². The van der Waals surface area contributed by atoms with Gasteiger partial charge < -0.3 is 9.30 Å². The van der Waals surface area contributed by atoms with Crippen LogP contribution < -0.4 is 11.2 Å². The Morgan fingerprint density at radius 3 is 2.61 bits per heavy atom. The summed E-state index contributed by atoms with van der Waals surface area (Å²) in [7, 11) is 0. The molecule has 1 atom stereocenters. The zero-order valence-electron chi connectivity index (χ0n) is 15.5. The van der Waals surface area contributed by atoms with Crippen LogP contribution in [0.25, 0.3) is 16.9 Å². The largest absolute Gasteiger partial charge is 0.464 e. The summed E-state index contributed by atoms with van der Waals surface area (Å²) < 4.78 is 21.9. The number of nitrogens with zero attached hydrogens (tertiary/aromatic N) is 4. The molecule has 0 amide bonds. The molecule has 0 aliphatic rings. The van der Waals surface area contributed by atoms with Gasteiger partial charge in [0.25, 0.3) is 5.56 Å².